The predicted octanol–water partition coefficient (Wildman–Crippen LogP) is 0.292. The van der Waals surface area contributed by atoms with Crippen LogP contribution in [-0.4, -0.2) is 31.9 Å². The van der Waals surface area contributed by atoms with Crippen LogP contribution in [0.1, 0.15) is 12.8 Å². The van der Waals surface area contributed by atoms with Gasteiger partial charge in [0.15, 0.2) is 0 Å². The molecular weight excluding hydrogens is 278 g/mol. The maximum absolute atomic E-state index is 11.8. The molecule has 0 spiro atoms. The van der Waals surface area contributed by atoms with Gasteiger partial charge in [0.1, 0.15) is 5.15 Å². The van der Waals surface area contributed by atoms with Crippen LogP contribution in [0.3, 0.4) is 0 Å². The number of nitrogens with zero attached hydrogens (tertiary/aromatic N) is 1. The van der Waals surface area contributed by atoms with E-state index < -0.39 is 10.0 Å². The first-order chi connectivity index (χ1) is 8.47. The molecule has 0 saturated heterocycles. The average molecular weight is 290 g/mol. The van der Waals surface area contributed by atoms with Crippen molar-refractivity contribution >= 4 is 27.5 Å². The topological polar surface area (TPSA) is 88.2 Å². The van der Waals surface area contributed by atoms with Crippen LogP contribution in [0, 0.1) is 0 Å². The Bertz CT molecular complexity index is 557. The molecule has 2 N–H and O–H groups in total. The fraction of sp³-hybridized carbons (Fsp3) is 0.400. The molecule has 0 unspecified atom stereocenters. The van der Waals surface area contributed by atoms with Crippen molar-refractivity contribution in [2.45, 2.75) is 23.8 Å². The first kappa shape index (κ1) is 13.3. The molecule has 0 radical (unpaired) electrons. The lowest BCUT2D eigenvalue weighted by atomic mass is 10.5. The molecule has 0 atom stereocenters. The highest BCUT2D eigenvalue weighted by atomic mass is 35.5. The Kier molecular flexibility index (Phi) is 3.84. The second kappa shape index (κ2) is 5.21. The van der Waals surface area contributed by atoms with Crippen molar-refractivity contribution in [1.29, 1.82) is 0 Å². The van der Waals surface area contributed by atoms with Crippen LogP contribution >= 0.6 is 11.6 Å². The summed E-state index contributed by atoms with van der Waals surface area (Å²) in [5, 5.41) is 2.77. The zero-order valence-electron chi connectivity index (χ0n) is 9.39. The highest BCUT2D eigenvalue weighted by Crippen LogP contribution is 2.18. The van der Waals surface area contributed by atoms with Crippen LogP contribution in [0.2, 0.25) is 5.15 Å². The number of amides is 1. The number of halogens is 1. The summed E-state index contributed by atoms with van der Waals surface area (Å²) in [5.74, 6) is -0.332. The Labute approximate surface area is 110 Å². The zero-order chi connectivity index (χ0) is 13.2. The van der Waals surface area contributed by atoms with E-state index in [4.69, 9.17) is 11.6 Å². The van der Waals surface area contributed by atoms with Gasteiger partial charge in [0.25, 0.3) is 0 Å². The molecule has 0 bridgehead atoms. The van der Waals surface area contributed by atoms with Gasteiger partial charge in [0.05, 0.1) is 11.4 Å². The van der Waals surface area contributed by atoms with Gasteiger partial charge in [-0.15, -0.1) is 0 Å². The molecule has 6 nitrogen and oxygen atoms in total. The van der Waals surface area contributed by atoms with Crippen molar-refractivity contribution < 1.29 is 13.2 Å². The minimum Gasteiger partial charge on any atom is -0.352 e. The maximum atomic E-state index is 11.8. The summed E-state index contributed by atoms with van der Waals surface area (Å²) in [5.41, 5.74) is 0. The fourth-order valence-corrected chi connectivity index (χ4v) is 2.54. The van der Waals surface area contributed by atoms with Crippen molar-refractivity contribution in [2.24, 2.45) is 0 Å². The summed E-state index contributed by atoms with van der Waals surface area (Å²) >= 11 is 5.61. The van der Waals surface area contributed by atoms with E-state index in [1.807, 2.05) is 0 Å². The van der Waals surface area contributed by atoms with E-state index in [2.05, 4.69) is 15.0 Å². The van der Waals surface area contributed by atoms with E-state index in [0.717, 1.165) is 12.8 Å². The number of pyridine rings is 1. The summed E-state index contributed by atoms with van der Waals surface area (Å²) in [6, 6.07) is 2.74. The van der Waals surface area contributed by atoms with Crippen molar-refractivity contribution in [3.05, 3.63) is 23.5 Å². The van der Waals surface area contributed by atoms with Crippen LogP contribution in [-0.2, 0) is 14.8 Å². The molecule has 1 aromatic rings. The molecule has 98 valence electrons. The van der Waals surface area contributed by atoms with Crippen LogP contribution in [0.15, 0.2) is 23.2 Å². The second-order valence-corrected chi connectivity index (χ2v) is 6.13. The number of hydrogen-bond acceptors (Lipinski definition) is 4. The van der Waals surface area contributed by atoms with Gasteiger partial charge in [-0.3, -0.25) is 4.79 Å². The number of sulfonamides is 1. The van der Waals surface area contributed by atoms with Gasteiger partial charge in [-0.25, -0.2) is 18.1 Å². The summed E-state index contributed by atoms with van der Waals surface area (Å²) in [4.78, 5) is 15.0. The molecule has 8 heteroatoms. The highest BCUT2D eigenvalue weighted by molar-refractivity contribution is 7.89. The Morgan fingerprint density at radius 3 is 2.83 bits per heavy atom. The van der Waals surface area contributed by atoms with E-state index in [1.165, 1.54) is 18.3 Å². The normalized spacial score (nSPS) is 15.4. The van der Waals surface area contributed by atoms with E-state index >= 15 is 0 Å². The first-order valence-corrected chi connectivity index (χ1v) is 7.24. The number of hydrogen-bond donors (Lipinski definition) is 2. The van der Waals surface area contributed by atoms with Crippen molar-refractivity contribution in [3.8, 4) is 0 Å². The molecule has 18 heavy (non-hydrogen) atoms. The average Bonchev–Trinajstić information content (AvgIpc) is 3.10. The minimum absolute atomic E-state index is 0.0123. The fourth-order valence-electron chi connectivity index (χ4n) is 1.30. The molecule has 0 aliphatic heterocycles. The Hall–Kier alpha value is -1.18. The van der Waals surface area contributed by atoms with Crippen LogP contribution in [0.4, 0.5) is 0 Å². The molecule has 1 heterocycles. The van der Waals surface area contributed by atoms with Gasteiger partial charge in [-0.1, -0.05) is 11.6 Å². The molecule has 1 aromatic heterocycles. The van der Waals surface area contributed by atoms with Crippen LogP contribution in [0.25, 0.3) is 0 Å². The van der Waals surface area contributed by atoms with E-state index in [0.29, 0.717) is 0 Å². The molecule has 1 saturated carbocycles. The Balaban J connectivity index is 1.96. The monoisotopic (exact) mass is 289 g/mol. The third-order valence-electron chi connectivity index (χ3n) is 2.37. The number of nitrogens with one attached hydrogen (secondary N) is 2. The van der Waals surface area contributed by atoms with E-state index in [1.54, 1.807) is 0 Å². The number of carbonyl (C=O) groups excluding carboxylic acids is 1. The Morgan fingerprint density at radius 2 is 2.22 bits per heavy atom. The van der Waals surface area contributed by atoms with E-state index in [9.17, 15) is 13.2 Å². The van der Waals surface area contributed by atoms with Gasteiger partial charge in [-0.05, 0) is 25.0 Å². The number of aromatic nitrogens is 1. The quantitative estimate of drug-likeness (QED) is 0.763. The lowest BCUT2D eigenvalue weighted by Crippen LogP contribution is -2.37. The number of rotatable bonds is 5. The number of carbonyl (C=O) groups is 1. The lowest BCUT2D eigenvalue weighted by Gasteiger charge is -2.07. The third-order valence-corrected chi connectivity index (χ3v) is 3.98. The Morgan fingerprint density at radius 1 is 1.50 bits per heavy atom. The largest absolute Gasteiger partial charge is 0.352 e. The summed E-state index contributed by atoms with van der Waals surface area (Å²) < 4.78 is 25.8. The summed E-state index contributed by atoms with van der Waals surface area (Å²) in [6.45, 7) is -0.279. The first-order valence-electron chi connectivity index (χ1n) is 5.38. The SMILES string of the molecule is O=C(CNS(=O)(=O)c1ccnc(Cl)c1)NC1CC1. The molecule has 0 aromatic carbocycles. The molecule has 1 amide bonds. The highest BCUT2D eigenvalue weighted by Gasteiger charge is 2.24. The standard InChI is InChI=1S/C10H12ClN3O3S/c11-9-5-8(3-4-12-9)18(16,17)13-6-10(15)14-7-1-2-7/h3-5,7,13H,1-2,6H2,(H,14,15). The van der Waals surface area contributed by atoms with Gasteiger partial charge >= 0.3 is 0 Å². The summed E-state index contributed by atoms with van der Waals surface area (Å²) in [7, 11) is -3.73. The van der Waals surface area contributed by atoms with Gasteiger partial charge in [-0.2, -0.15) is 0 Å². The summed E-state index contributed by atoms with van der Waals surface area (Å²) in [6.07, 6.45) is 3.21. The van der Waals surface area contributed by atoms with Crippen molar-refractivity contribution in [1.82, 2.24) is 15.0 Å². The lowest BCUT2D eigenvalue weighted by molar-refractivity contribution is -0.120. The second-order valence-electron chi connectivity index (χ2n) is 3.98. The smallest absolute Gasteiger partial charge is 0.241 e. The zero-order valence-corrected chi connectivity index (χ0v) is 11.0. The molecule has 1 aliphatic carbocycles. The van der Waals surface area contributed by atoms with Crippen LogP contribution in [0.5, 0.6) is 0 Å². The maximum Gasteiger partial charge on any atom is 0.241 e. The predicted molar refractivity (Wildman–Crippen MR) is 65.6 cm³/mol. The van der Waals surface area contributed by atoms with Crippen molar-refractivity contribution in [3.63, 3.8) is 0 Å². The van der Waals surface area contributed by atoms with Gasteiger partial charge in [0.2, 0.25) is 15.9 Å². The van der Waals surface area contributed by atoms with Crippen molar-refractivity contribution in [2.75, 3.05) is 6.54 Å². The molecular formula is C10H12ClN3O3S. The molecule has 1 aliphatic rings. The molecule has 1 fully saturated rings. The van der Waals surface area contributed by atoms with Crippen LogP contribution < -0.4 is 10.0 Å². The third kappa shape index (κ3) is 3.66. The molecule has 2 rings (SSSR count). The van der Waals surface area contributed by atoms with Gasteiger partial charge in [0, 0.05) is 12.2 Å². The van der Waals surface area contributed by atoms with E-state index in [-0.39, 0.29) is 28.5 Å². The minimum atomic E-state index is -3.73. The van der Waals surface area contributed by atoms with Gasteiger partial charge < -0.3 is 5.32 Å².